The summed E-state index contributed by atoms with van der Waals surface area (Å²) in [6.45, 7) is 1.90. The van der Waals surface area contributed by atoms with E-state index in [1.54, 1.807) is 29.1 Å². The minimum Gasteiger partial charge on any atom is -0.612 e. The molecule has 1 fully saturated rings. The Labute approximate surface area is 263 Å². The Morgan fingerprint density at radius 2 is 1.78 bits per heavy atom. The standard InChI is InChI=1S/C32H26F3N3O4S2.H3N/c1-2-42-31(39)28-17-43-32(36-28)38-29(13-18-3-4-18)25(14-20-7-11-23(44(40)41)16-27(20)35)30(37-38)21-8-12-26(34)24(15-21)19-5-9-22(33)10-6-19;/h5-12,15-18,44H,2-4,13-14H2,1H3;1H3. The minimum absolute atomic E-state index is 0. The number of hydrogen-bond donors (Lipinski definition) is 1. The van der Waals surface area contributed by atoms with Gasteiger partial charge in [-0.05, 0) is 79.6 Å². The first-order valence-electron chi connectivity index (χ1n) is 13.9. The molecule has 0 aliphatic heterocycles. The summed E-state index contributed by atoms with van der Waals surface area (Å²) < 4.78 is 73.6. The SMILES string of the molecule is CCOC(=O)c1csc(-n2nc(-c3ccc(F)c(-c4ccc(F)cc4)c3)c(Cc3ccc([SH+](=O)[O-])cc3F)c2CC2CC2)n1.N. The summed E-state index contributed by atoms with van der Waals surface area (Å²) in [5.74, 6) is -1.82. The first-order valence-corrected chi connectivity index (χ1v) is 16.0. The summed E-state index contributed by atoms with van der Waals surface area (Å²) in [7, 11) is 0. The zero-order valence-corrected chi connectivity index (χ0v) is 25.8. The highest BCUT2D eigenvalue weighted by Gasteiger charge is 2.30. The lowest BCUT2D eigenvalue weighted by molar-refractivity contribution is 0.0520. The second kappa shape index (κ2) is 13.4. The van der Waals surface area contributed by atoms with E-state index in [4.69, 9.17) is 9.84 Å². The van der Waals surface area contributed by atoms with Gasteiger partial charge in [-0.2, -0.15) is 5.10 Å². The second-order valence-electron chi connectivity index (χ2n) is 10.5. The van der Waals surface area contributed by atoms with Gasteiger partial charge in [-0.3, -0.25) is 0 Å². The highest BCUT2D eigenvalue weighted by Crippen LogP contribution is 2.39. The highest BCUT2D eigenvalue weighted by atomic mass is 32.2. The maximum atomic E-state index is 15.3. The topological polar surface area (TPSA) is 132 Å². The number of benzene rings is 3. The van der Waals surface area contributed by atoms with Crippen molar-refractivity contribution in [3.05, 3.63) is 106 Å². The fourth-order valence-corrected chi connectivity index (χ4v) is 6.22. The number of halogens is 3. The Morgan fingerprint density at radius 3 is 2.44 bits per heavy atom. The summed E-state index contributed by atoms with van der Waals surface area (Å²) in [5.41, 5.74) is 3.52. The van der Waals surface area contributed by atoms with Crippen LogP contribution in [0.2, 0.25) is 0 Å². The van der Waals surface area contributed by atoms with E-state index in [0.717, 1.165) is 24.6 Å². The van der Waals surface area contributed by atoms with Crippen LogP contribution in [-0.4, -0.2) is 31.9 Å². The third-order valence-corrected chi connectivity index (χ3v) is 8.95. The average Bonchev–Trinajstić information content (AvgIpc) is 3.57. The third kappa shape index (κ3) is 6.91. The lowest BCUT2D eigenvalue weighted by Crippen LogP contribution is -2.08. The van der Waals surface area contributed by atoms with E-state index in [1.165, 1.54) is 53.8 Å². The van der Waals surface area contributed by atoms with Crippen molar-refractivity contribution in [1.82, 2.24) is 20.9 Å². The van der Waals surface area contributed by atoms with Crippen molar-refractivity contribution in [3.63, 3.8) is 0 Å². The maximum Gasteiger partial charge on any atom is 0.357 e. The van der Waals surface area contributed by atoms with Gasteiger partial charge in [0.15, 0.2) is 10.6 Å². The van der Waals surface area contributed by atoms with Crippen molar-refractivity contribution in [1.29, 1.82) is 0 Å². The van der Waals surface area contributed by atoms with E-state index in [2.05, 4.69) is 4.98 Å². The van der Waals surface area contributed by atoms with Crippen molar-refractivity contribution in [2.75, 3.05) is 6.61 Å². The fourth-order valence-electron chi connectivity index (χ4n) is 5.03. The third-order valence-electron chi connectivity index (χ3n) is 7.44. The van der Waals surface area contributed by atoms with Gasteiger partial charge >= 0.3 is 5.97 Å². The van der Waals surface area contributed by atoms with E-state index in [1.807, 2.05) is 0 Å². The molecule has 0 amide bonds. The molecule has 8 nitrogen and oxygen atoms in total. The molecule has 2 heterocycles. The van der Waals surface area contributed by atoms with Crippen molar-refractivity contribution in [2.24, 2.45) is 5.92 Å². The van der Waals surface area contributed by atoms with Crippen molar-refractivity contribution < 1.29 is 31.5 Å². The fraction of sp³-hybridized carbons (Fsp3) is 0.219. The van der Waals surface area contributed by atoms with Crippen LogP contribution in [0.1, 0.15) is 47.1 Å². The molecule has 3 aromatic carbocycles. The molecule has 1 aliphatic carbocycles. The van der Waals surface area contributed by atoms with Crippen LogP contribution >= 0.6 is 11.3 Å². The van der Waals surface area contributed by atoms with Crippen molar-refractivity contribution in [2.45, 2.75) is 37.5 Å². The molecule has 5 aromatic rings. The molecule has 1 saturated carbocycles. The monoisotopic (exact) mass is 654 g/mol. The maximum absolute atomic E-state index is 15.3. The van der Waals surface area contributed by atoms with E-state index in [9.17, 15) is 17.9 Å². The van der Waals surface area contributed by atoms with Crippen LogP contribution in [0.5, 0.6) is 0 Å². The molecule has 6 rings (SSSR count). The van der Waals surface area contributed by atoms with E-state index >= 15 is 8.78 Å². The molecule has 0 radical (unpaired) electrons. The molecule has 1 atom stereocenters. The van der Waals surface area contributed by atoms with Gasteiger partial charge in [0.1, 0.15) is 17.5 Å². The van der Waals surface area contributed by atoms with Gasteiger partial charge in [-0.15, -0.1) is 15.5 Å². The van der Waals surface area contributed by atoms with E-state index < -0.39 is 34.5 Å². The molecular weight excluding hydrogens is 626 g/mol. The minimum atomic E-state index is -2.96. The van der Waals surface area contributed by atoms with Gasteiger partial charge < -0.3 is 15.4 Å². The zero-order valence-electron chi connectivity index (χ0n) is 24.1. The van der Waals surface area contributed by atoms with Gasteiger partial charge in [0.25, 0.3) is 0 Å². The van der Waals surface area contributed by atoms with E-state index in [0.29, 0.717) is 39.9 Å². The summed E-state index contributed by atoms with van der Waals surface area (Å²) in [6, 6.07) is 13.8. The number of hydrogen-bond acceptors (Lipinski definition) is 8. The Balaban J connectivity index is 0.00000400. The second-order valence-corrected chi connectivity index (χ2v) is 12.3. The smallest absolute Gasteiger partial charge is 0.357 e. The molecule has 1 aliphatic rings. The van der Waals surface area contributed by atoms with Crippen LogP contribution in [0.15, 0.2) is 70.9 Å². The Morgan fingerprint density at radius 1 is 1.04 bits per heavy atom. The first-order chi connectivity index (χ1) is 21.2. The number of carbonyl (C=O) groups is 1. The Bertz CT molecular complexity index is 1890. The quantitative estimate of drug-likeness (QED) is 0.0961. The largest absolute Gasteiger partial charge is 0.612 e. The lowest BCUT2D eigenvalue weighted by Gasteiger charge is -2.11. The Kier molecular flexibility index (Phi) is 9.63. The number of esters is 1. The van der Waals surface area contributed by atoms with Crippen LogP contribution in [0.25, 0.3) is 27.5 Å². The molecule has 1 unspecified atom stereocenters. The van der Waals surface area contributed by atoms with Crippen molar-refractivity contribution in [3.8, 4) is 27.5 Å². The van der Waals surface area contributed by atoms with Crippen LogP contribution in [0, 0.1) is 23.4 Å². The van der Waals surface area contributed by atoms with Gasteiger partial charge in [-0.1, -0.05) is 18.2 Å². The number of carbonyl (C=O) groups excluding carboxylic acids is 1. The number of nitrogens with zero attached hydrogens (tertiary/aromatic N) is 3. The summed E-state index contributed by atoms with van der Waals surface area (Å²) in [4.78, 5) is 16.7. The molecular formula is C32H29F3N4O4S2. The normalized spacial score (nSPS) is 13.4. The van der Waals surface area contributed by atoms with Crippen LogP contribution in [-0.2, 0) is 32.9 Å². The van der Waals surface area contributed by atoms with Crippen molar-refractivity contribution >= 4 is 28.4 Å². The van der Waals surface area contributed by atoms with Gasteiger partial charge in [0.2, 0.25) is 5.13 Å². The van der Waals surface area contributed by atoms with Crippen LogP contribution in [0.4, 0.5) is 13.2 Å². The van der Waals surface area contributed by atoms with Gasteiger partial charge in [0.05, 0.1) is 29.1 Å². The van der Waals surface area contributed by atoms with Crippen LogP contribution < -0.4 is 6.15 Å². The zero-order chi connectivity index (χ0) is 31.0. The lowest BCUT2D eigenvalue weighted by atomic mass is 9.94. The first kappa shape index (κ1) is 32.2. The van der Waals surface area contributed by atoms with E-state index in [-0.39, 0.29) is 40.9 Å². The summed E-state index contributed by atoms with van der Waals surface area (Å²) in [6.07, 6.45) is 2.70. The number of ether oxygens (including phenoxy) is 1. The molecule has 234 valence electrons. The average molecular weight is 655 g/mol. The molecule has 2 aromatic heterocycles. The number of rotatable bonds is 10. The molecule has 13 heteroatoms. The molecule has 45 heavy (non-hydrogen) atoms. The number of aromatic nitrogens is 3. The number of thiazole rings is 1. The summed E-state index contributed by atoms with van der Waals surface area (Å²) >= 11 is -1.75. The number of thiol groups is 1. The predicted octanol–water partition coefficient (Wildman–Crippen LogP) is 7.15. The highest BCUT2D eigenvalue weighted by molar-refractivity contribution is 7.79. The molecule has 3 N–H and O–H groups in total. The molecule has 0 saturated heterocycles. The molecule has 0 bridgehead atoms. The van der Waals surface area contributed by atoms with Crippen LogP contribution in [0.3, 0.4) is 0 Å². The van der Waals surface area contributed by atoms with Gasteiger partial charge in [-0.25, -0.2) is 27.6 Å². The summed E-state index contributed by atoms with van der Waals surface area (Å²) in [5, 5.41) is 6.91. The molecule has 0 spiro atoms. The Hall–Kier alpha value is -4.17. The van der Waals surface area contributed by atoms with Gasteiger partial charge in [0, 0.05) is 34.6 Å². The predicted molar refractivity (Wildman–Crippen MR) is 165 cm³/mol.